The summed E-state index contributed by atoms with van der Waals surface area (Å²) in [5, 5.41) is 7.67. The Kier molecular flexibility index (Phi) is 11.1. The van der Waals surface area contributed by atoms with E-state index in [2.05, 4.69) is 10.6 Å². The highest BCUT2D eigenvalue weighted by molar-refractivity contribution is 6.03. The summed E-state index contributed by atoms with van der Waals surface area (Å²) in [6.45, 7) is 11.1. The molecule has 1 aliphatic heterocycles. The van der Waals surface area contributed by atoms with Crippen molar-refractivity contribution in [2.75, 3.05) is 55.6 Å². The van der Waals surface area contributed by atoms with Crippen LogP contribution < -0.4 is 35.6 Å². The van der Waals surface area contributed by atoms with Gasteiger partial charge in [-0.25, -0.2) is 23.6 Å². The molecule has 53 heavy (non-hydrogen) atoms. The number of anilines is 2. The Labute approximate surface area is 307 Å². The van der Waals surface area contributed by atoms with E-state index < -0.39 is 35.1 Å². The summed E-state index contributed by atoms with van der Waals surface area (Å²) in [5.74, 6) is 0.284. The molecule has 0 aliphatic carbocycles. The molecule has 282 valence electrons. The molecular weight excluding hydrogens is 685 g/mol. The maximum atomic E-state index is 14.4. The van der Waals surface area contributed by atoms with Crippen molar-refractivity contribution in [3.8, 4) is 11.5 Å². The molecule has 0 bridgehead atoms. The summed E-state index contributed by atoms with van der Waals surface area (Å²) >= 11 is 0. The third-order valence-electron chi connectivity index (χ3n) is 8.67. The van der Waals surface area contributed by atoms with Crippen molar-refractivity contribution in [3.63, 3.8) is 0 Å². The number of urea groups is 1. The van der Waals surface area contributed by atoms with Crippen LogP contribution in [-0.2, 0) is 9.53 Å². The van der Waals surface area contributed by atoms with Gasteiger partial charge in [-0.3, -0.25) is 14.5 Å². The highest BCUT2D eigenvalue weighted by atomic mass is 19.1. The van der Waals surface area contributed by atoms with E-state index in [1.807, 2.05) is 0 Å². The Morgan fingerprint density at radius 3 is 2.19 bits per heavy atom. The monoisotopic (exact) mass is 731 g/mol. The van der Waals surface area contributed by atoms with E-state index in [1.165, 1.54) is 48.1 Å². The van der Waals surface area contributed by atoms with Crippen LogP contribution in [0, 0.1) is 5.82 Å². The molecule has 2 heterocycles. The van der Waals surface area contributed by atoms with Gasteiger partial charge in [-0.05, 0) is 90.1 Å². The number of benzene rings is 3. The molecule has 0 spiro atoms. The van der Waals surface area contributed by atoms with Crippen LogP contribution in [0.1, 0.15) is 53.4 Å². The van der Waals surface area contributed by atoms with Crippen LogP contribution in [-0.4, -0.2) is 84.1 Å². The summed E-state index contributed by atoms with van der Waals surface area (Å²) in [6.07, 6.45) is -0.705. The number of fused-ring (bicyclic) bond motifs is 1. The van der Waals surface area contributed by atoms with Gasteiger partial charge in [0.1, 0.15) is 28.5 Å². The van der Waals surface area contributed by atoms with Gasteiger partial charge in [0.2, 0.25) is 5.91 Å². The first kappa shape index (κ1) is 38.4. The number of piperazine rings is 1. The quantitative estimate of drug-likeness (QED) is 0.230. The van der Waals surface area contributed by atoms with Gasteiger partial charge in [0.15, 0.2) is 5.82 Å². The zero-order valence-corrected chi connectivity index (χ0v) is 31.2. The molecule has 3 aromatic carbocycles. The summed E-state index contributed by atoms with van der Waals surface area (Å²) < 4.78 is 31.7. The molecule has 1 unspecified atom stereocenters. The van der Waals surface area contributed by atoms with Gasteiger partial charge in [-0.1, -0.05) is 12.1 Å². The van der Waals surface area contributed by atoms with Gasteiger partial charge in [0.05, 0.1) is 49.9 Å². The third kappa shape index (κ3) is 8.62. The van der Waals surface area contributed by atoms with Crippen LogP contribution in [0.2, 0.25) is 0 Å². The number of carbonyl (C=O) groups is 3. The molecule has 5 rings (SSSR count). The Bertz CT molecular complexity index is 2040. The molecule has 1 aromatic heterocycles. The maximum Gasteiger partial charge on any atom is 0.408 e. The number of amides is 4. The molecule has 1 saturated heterocycles. The molecule has 4 amide bonds. The minimum atomic E-state index is -1.26. The molecule has 0 radical (unpaired) electrons. The number of halogens is 1. The van der Waals surface area contributed by atoms with Gasteiger partial charge < -0.3 is 34.8 Å². The van der Waals surface area contributed by atoms with Gasteiger partial charge in [-0.15, -0.1) is 0 Å². The van der Waals surface area contributed by atoms with Crippen molar-refractivity contribution in [1.82, 2.24) is 19.9 Å². The molecule has 1 fully saturated rings. The first-order chi connectivity index (χ1) is 25.0. The van der Waals surface area contributed by atoms with Gasteiger partial charge in [-0.2, -0.15) is 0 Å². The van der Waals surface area contributed by atoms with Crippen LogP contribution in [0.4, 0.5) is 25.4 Å². The number of methoxy groups -OCH3 is 2. The lowest BCUT2D eigenvalue weighted by Gasteiger charge is -2.41. The zero-order chi connectivity index (χ0) is 38.7. The van der Waals surface area contributed by atoms with Crippen molar-refractivity contribution in [1.29, 1.82) is 0 Å². The second-order valence-corrected chi connectivity index (χ2v) is 14.1. The molecule has 4 aromatic rings. The number of hydrogen-bond donors (Lipinski definition) is 2. The van der Waals surface area contributed by atoms with Crippen molar-refractivity contribution in [2.24, 2.45) is 0 Å². The highest BCUT2D eigenvalue weighted by Crippen LogP contribution is 2.37. The minimum absolute atomic E-state index is 0.229. The summed E-state index contributed by atoms with van der Waals surface area (Å²) in [5.41, 5.74) is -1.23. The average molecular weight is 732 g/mol. The zero-order valence-electron chi connectivity index (χ0n) is 31.2. The number of aromatic nitrogens is 2. The van der Waals surface area contributed by atoms with Gasteiger partial charge >= 0.3 is 12.1 Å². The number of carbonyl (C=O) groups excluding carboxylic acids is 3. The maximum absolute atomic E-state index is 14.4. The fourth-order valence-electron chi connectivity index (χ4n) is 6.10. The molecular formula is C38H46FN7O7. The van der Waals surface area contributed by atoms with Crippen molar-refractivity contribution >= 4 is 40.3 Å². The topological polar surface area (TPSA) is 148 Å². The van der Waals surface area contributed by atoms with E-state index in [9.17, 15) is 23.6 Å². The third-order valence-corrected chi connectivity index (χ3v) is 8.67. The predicted octanol–water partition coefficient (Wildman–Crippen LogP) is 5.44. The first-order valence-corrected chi connectivity index (χ1v) is 17.2. The summed E-state index contributed by atoms with van der Waals surface area (Å²) in [6, 6.07) is 15.8. The largest absolute Gasteiger partial charge is 0.497 e. The number of ether oxygens (including phenoxy) is 3. The standard InChI is InChI=1S/C38H46FN7O7/c1-24(45(30-18-17-27(51-7)23-31(30)52-8)35(49)40-26-15-13-25(39)14-16-26)32-41-29-12-10-9-11-28(29)33(47)46(32)44-21-19-43(20-22-44)34(48)38(5,6)42-36(50)53-37(2,3)4/h9-18,23-24H,19-22H2,1-8H3,(H,40,49)(H,42,50). The Hall–Kier alpha value is -5.86. The second-order valence-electron chi connectivity index (χ2n) is 14.1. The smallest absolute Gasteiger partial charge is 0.408 e. The summed E-state index contributed by atoms with van der Waals surface area (Å²) in [4.78, 5) is 62.8. The number of rotatable bonds is 9. The first-order valence-electron chi connectivity index (χ1n) is 17.2. The van der Waals surface area contributed by atoms with Crippen LogP contribution in [0.5, 0.6) is 11.5 Å². The molecule has 14 nitrogen and oxygen atoms in total. The number of hydrogen-bond acceptors (Lipinski definition) is 9. The fraction of sp³-hybridized carbons (Fsp3) is 0.395. The van der Waals surface area contributed by atoms with Gasteiger partial charge in [0, 0.05) is 24.8 Å². The van der Waals surface area contributed by atoms with Crippen LogP contribution in [0.15, 0.2) is 71.5 Å². The van der Waals surface area contributed by atoms with Crippen LogP contribution >= 0.6 is 0 Å². The normalized spacial score (nSPS) is 14.0. The lowest BCUT2D eigenvalue weighted by atomic mass is 10.0. The Morgan fingerprint density at radius 2 is 1.57 bits per heavy atom. The number of para-hydroxylation sites is 1. The summed E-state index contributed by atoms with van der Waals surface area (Å²) in [7, 11) is 2.98. The van der Waals surface area contributed by atoms with Crippen LogP contribution in [0.25, 0.3) is 10.9 Å². The van der Waals surface area contributed by atoms with E-state index >= 15 is 0 Å². The number of alkyl carbamates (subject to hydrolysis) is 1. The van der Waals surface area contributed by atoms with E-state index in [0.29, 0.717) is 33.8 Å². The molecule has 1 aliphatic rings. The molecule has 2 N–H and O–H groups in total. The second kappa shape index (κ2) is 15.4. The number of nitrogens with zero attached hydrogens (tertiary/aromatic N) is 5. The van der Waals surface area contributed by atoms with Gasteiger partial charge in [0.25, 0.3) is 5.56 Å². The SMILES string of the molecule is COc1ccc(N(C(=O)Nc2ccc(F)cc2)C(C)c2nc3ccccc3c(=O)n2N2CCN(C(=O)C(C)(C)NC(=O)OC(C)(C)C)CC2)c(OC)c1. The molecule has 1 atom stereocenters. The highest BCUT2D eigenvalue weighted by Gasteiger charge is 2.38. The fourth-order valence-corrected chi connectivity index (χ4v) is 6.10. The lowest BCUT2D eigenvalue weighted by molar-refractivity contribution is -0.137. The number of nitrogens with one attached hydrogen (secondary N) is 2. The molecule has 0 saturated carbocycles. The minimum Gasteiger partial charge on any atom is -0.497 e. The average Bonchev–Trinajstić information content (AvgIpc) is 3.11. The van der Waals surface area contributed by atoms with Crippen LogP contribution in [0.3, 0.4) is 0 Å². The van der Waals surface area contributed by atoms with E-state index in [-0.39, 0.29) is 43.5 Å². The van der Waals surface area contributed by atoms with Crippen molar-refractivity contribution in [2.45, 2.75) is 58.7 Å². The predicted molar refractivity (Wildman–Crippen MR) is 200 cm³/mol. The van der Waals surface area contributed by atoms with E-state index in [0.717, 1.165) is 0 Å². The van der Waals surface area contributed by atoms with Crippen molar-refractivity contribution in [3.05, 3.63) is 88.7 Å². The van der Waals surface area contributed by atoms with E-state index in [4.69, 9.17) is 19.2 Å². The lowest BCUT2D eigenvalue weighted by Crippen LogP contribution is -2.62. The Morgan fingerprint density at radius 1 is 0.906 bits per heavy atom. The Balaban J connectivity index is 1.52. The van der Waals surface area contributed by atoms with Crippen molar-refractivity contribution < 1.29 is 33.0 Å². The molecule has 15 heteroatoms. The van der Waals surface area contributed by atoms with E-state index in [1.54, 1.807) is 93.9 Å².